The van der Waals surface area contributed by atoms with Gasteiger partial charge in [-0.2, -0.15) is 0 Å². The van der Waals surface area contributed by atoms with E-state index in [-0.39, 0.29) is 47.6 Å². The molecule has 8 heteroatoms. The second-order valence-corrected chi connectivity index (χ2v) is 13.4. The maximum Gasteiger partial charge on any atom is 0.345 e. The number of halogens is 1. The molecule has 0 bridgehead atoms. The molecule has 0 amide bonds. The van der Waals surface area contributed by atoms with Gasteiger partial charge in [-0.15, -0.1) is 0 Å². The summed E-state index contributed by atoms with van der Waals surface area (Å²) in [6.07, 6.45) is -0.592. The molecule has 2 aromatic carbocycles. The average molecular weight is 571 g/mol. The number of ketones is 1. The van der Waals surface area contributed by atoms with Crippen LogP contribution in [-0.4, -0.2) is 53.0 Å². The first-order valence-electron chi connectivity index (χ1n) is 14.9. The third-order valence-electron chi connectivity index (χ3n) is 11.4. The molecule has 2 saturated carbocycles. The van der Waals surface area contributed by atoms with Gasteiger partial charge in [-0.1, -0.05) is 69.3 Å². The molecule has 3 aliphatic carbocycles. The Labute approximate surface area is 242 Å². The normalized spacial score (nSPS) is 41.3. The van der Waals surface area contributed by atoms with Crippen molar-refractivity contribution in [1.29, 1.82) is 0 Å². The second kappa shape index (κ2) is 7.78. The maximum absolute atomic E-state index is 16.7. The minimum atomic E-state index is -1.30. The molecule has 2 spiro atoms. The summed E-state index contributed by atoms with van der Waals surface area (Å²) in [4.78, 5) is 27.1. The molecule has 0 radical (unpaired) electrons. The van der Waals surface area contributed by atoms with Crippen LogP contribution in [0.3, 0.4) is 0 Å². The fraction of sp³-hybridized carbons (Fsp3) is 0.471. The summed E-state index contributed by atoms with van der Waals surface area (Å²) in [5.74, 6) is -0.852. The van der Waals surface area contributed by atoms with Gasteiger partial charge in [-0.25, -0.2) is 9.18 Å². The van der Waals surface area contributed by atoms with Crippen LogP contribution in [0.4, 0.5) is 4.39 Å². The predicted molar refractivity (Wildman–Crippen MR) is 146 cm³/mol. The van der Waals surface area contributed by atoms with Crippen molar-refractivity contribution in [2.45, 2.75) is 87.2 Å². The van der Waals surface area contributed by atoms with E-state index >= 15 is 4.39 Å². The molecule has 9 atom stereocenters. The van der Waals surface area contributed by atoms with Gasteiger partial charge >= 0.3 is 5.97 Å². The van der Waals surface area contributed by atoms with Gasteiger partial charge in [0.15, 0.2) is 17.5 Å². The summed E-state index contributed by atoms with van der Waals surface area (Å²) in [6.45, 7) is 6.15. The third-order valence-corrected chi connectivity index (χ3v) is 11.4. The van der Waals surface area contributed by atoms with Gasteiger partial charge in [-0.05, 0) is 43.2 Å². The van der Waals surface area contributed by atoms with Gasteiger partial charge in [0.2, 0.25) is 5.78 Å². The number of hydrogen-bond acceptors (Lipinski definition) is 7. The Kier molecular flexibility index (Phi) is 4.67. The fourth-order valence-electron chi connectivity index (χ4n) is 9.27. The van der Waals surface area contributed by atoms with E-state index in [4.69, 9.17) is 23.4 Å². The number of hydrogen-bond donors (Lipinski definition) is 0. The van der Waals surface area contributed by atoms with E-state index in [0.717, 1.165) is 11.1 Å². The lowest BCUT2D eigenvalue weighted by molar-refractivity contribution is -0.0612. The van der Waals surface area contributed by atoms with Crippen LogP contribution < -0.4 is 4.74 Å². The van der Waals surface area contributed by atoms with E-state index in [1.165, 1.54) is 0 Å². The van der Waals surface area contributed by atoms with E-state index < -0.39 is 34.4 Å². The molecule has 3 saturated heterocycles. The van der Waals surface area contributed by atoms with Gasteiger partial charge in [-0.3, -0.25) is 4.79 Å². The maximum atomic E-state index is 16.7. The van der Waals surface area contributed by atoms with E-state index in [2.05, 4.69) is 6.92 Å². The highest BCUT2D eigenvalue weighted by molar-refractivity contribution is 6.08. The van der Waals surface area contributed by atoms with Crippen LogP contribution in [0.5, 0.6) is 5.95 Å². The van der Waals surface area contributed by atoms with Crippen LogP contribution in [-0.2, 0) is 20.6 Å². The van der Waals surface area contributed by atoms with Gasteiger partial charge in [0.25, 0.3) is 5.95 Å². The first-order valence-corrected chi connectivity index (χ1v) is 14.9. The summed E-state index contributed by atoms with van der Waals surface area (Å²) in [7, 11) is 0. The minimum absolute atomic E-state index is 0.00626. The van der Waals surface area contributed by atoms with Crippen molar-refractivity contribution in [3.8, 4) is 5.95 Å². The summed E-state index contributed by atoms with van der Waals surface area (Å²) in [5.41, 5.74) is -1.01. The highest BCUT2D eigenvalue weighted by Crippen LogP contribution is 2.84. The van der Waals surface area contributed by atoms with Crippen molar-refractivity contribution in [1.82, 2.24) is 0 Å². The second-order valence-electron chi connectivity index (χ2n) is 13.4. The van der Waals surface area contributed by atoms with Crippen molar-refractivity contribution < 1.29 is 37.3 Å². The number of carbonyl (C=O) groups is 2. The van der Waals surface area contributed by atoms with E-state index in [0.29, 0.717) is 30.4 Å². The summed E-state index contributed by atoms with van der Waals surface area (Å²) in [6, 6.07) is 17.6. The van der Waals surface area contributed by atoms with Gasteiger partial charge in [0.1, 0.15) is 23.4 Å². The van der Waals surface area contributed by atoms with Crippen molar-refractivity contribution in [2.24, 2.45) is 11.3 Å². The lowest BCUT2D eigenvalue weighted by Crippen LogP contribution is -2.67. The Morgan fingerprint density at radius 3 is 2.33 bits per heavy atom. The highest BCUT2D eigenvalue weighted by atomic mass is 19.1. The molecule has 1 unspecified atom stereocenters. The van der Waals surface area contributed by atoms with Crippen LogP contribution in [0, 0.1) is 11.3 Å². The highest BCUT2D eigenvalue weighted by Gasteiger charge is 3.01. The SMILES string of the molecule is CC(C)[C@]12O[C@H]1[C@@H]1O[C@@]13[C@@]1(C)CCc4c(OC(=O)c5ccccc5)oc(C(=O)c5ccccc5)c4[C@@H]1C[C@@H]1O[C@@]13C2F. The Morgan fingerprint density at radius 1 is 0.952 bits per heavy atom. The smallest absolute Gasteiger partial charge is 0.345 e. The number of esters is 1. The number of ether oxygens (including phenoxy) is 4. The first kappa shape index (κ1) is 25.2. The molecule has 216 valence electrons. The van der Waals surface area contributed by atoms with Crippen molar-refractivity contribution in [3.63, 3.8) is 0 Å². The molecular formula is C34H31FO7. The van der Waals surface area contributed by atoms with Crippen LogP contribution >= 0.6 is 0 Å². The van der Waals surface area contributed by atoms with Crippen molar-refractivity contribution >= 4 is 11.8 Å². The number of fused-ring (bicyclic) bond motifs is 5. The number of alkyl halides is 1. The van der Waals surface area contributed by atoms with E-state index in [1.807, 2.05) is 26.0 Å². The molecular weight excluding hydrogens is 539 g/mol. The Balaban J connectivity index is 1.16. The van der Waals surface area contributed by atoms with Crippen LogP contribution in [0.2, 0.25) is 0 Å². The van der Waals surface area contributed by atoms with Crippen LogP contribution in [0.15, 0.2) is 65.1 Å². The molecule has 9 rings (SSSR count). The van der Waals surface area contributed by atoms with Crippen molar-refractivity contribution in [2.75, 3.05) is 0 Å². The van der Waals surface area contributed by atoms with E-state index in [1.54, 1.807) is 48.5 Å². The van der Waals surface area contributed by atoms with Gasteiger partial charge < -0.3 is 23.4 Å². The lowest BCUT2D eigenvalue weighted by atomic mass is 9.47. The molecule has 5 fully saturated rings. The molecule has 0 N–H and O–H groups in total. The largest absolute Gasteiger partial charge is 0.421 e. The number of rotatable bonds is 5. The third kappa shape index (κ3) is 2.69. The Bertz CT molecular complexity index is 1670. The minimum Gasteiger partial charge on any atom is -0.421 e. The number of furan rings is 1. The predicted octanol–water partition coefficient (Wildman–Crippen LogP) is 5.59. The van der Waals surface area contributed by atoms with Gasteiger partial charge in [0.05, 0.1) is 11.7 Å². The molecule has 7 nitrogen and oxygen atoms in total. The standard InChI is InChI=1S/C34H31FO7/c1-17(2)32-26(41-32)27-34(42-27)31(3)15-14-20-23(21(31)16-22-33(34,40-22)30(32)35)25(24(36)18-10-6-4-7-11-18)38-29(20)39-28(37)19-12-8-5-9-13-19/h4-13,17,21-22,26-27,30H,14-16H2,1-3H3/t21-,22-,26-,27-,30?,31-,32-,33+,34+/m0/s1. The summed E-state index contributed by atoms with van der Waals surface area (Å²) < 4.78 is 47.9. The topological polar surface area (TPSA) is 94.1 Å². The Hall–Kier alpha value is -3.33. The fourth-order valence-corrected chi connectivity index (χ4v) is 9.27. The lowest BCUT2D eigenvalue weighted by Gasteiger charge is -2.52. The molecule has 6 aliphatic rings. The zero-order valence-corrected chi connectivity index (χ0v) is 23.6. The first-order chi connectivity index (χ1) is 20.2. The summed E-state index contributed by atoms with van der Waals surface area (Å²) in [5, 5.41) is 0. The monoisotopic (exact) mass is 570 g/mol. The number of epoxide rings is 3. The summed E-state index contributed by atoms with van der Waals surface area (Å²) >= 11 is 0. The Morgan fingerprint density at radius 2 is 1.64 bits per heavy atom. The molecule has 4 heterocycles. The number of carbonyl (C=O) groups excluding carboxylic acids is 2. The van der Waals surface area contributed by atoms with Crippen LogP contribution in [0.1, 0.15) is 77.1 Å². The van der Waals surface area contributed by atoms with Crippen molar-refractivity contribution in [3.05, 3.63) is 88.7 Å². The molecule has 1 aromatic heterocycles. The molecule has 42 heavy (non-hydrogen) atoms. The average Bonchev–Trinajstić information content (AvgIpc) is 3.91. The van der Waals surface area contributed by atoms with Gasteiger partial charge in [0, 0.05) is 22.1 Å². The quantitative estimate of drug-likeness (QED) is 0.224. The molecule has 3 aliphatic heterocycles. The number of benzene rings is 2. The zero-order chi connectivity index (χ0) is 28.8. The molecule has 3 aromatic rings. The van der Waals surface area contributed by atoms with E-state index in [9.17, 15) is 9.59 Å². The van der Waals surface area contributed by atoms with Crippen LogP contribution in [0.25, 0.3) is 0 Å². The zero-order valence-electron chi connectivity index (χ0n) is 23.6.